The van der Waals surface area contributed by atoms with Gasteiger partial charge in [-0.15, -0.1) is 0 Å². The van der Waals surface area contributed by atoms with Crippen LogP contribution in [0.2, 0.25) is 0 Å². The SMILES string of the molecule is CCS(=O)(=O)CCCO[C@@H](C)C(=O)O. The van der Waals surface area contributed by atoms with Crippen LogP contribution in [0.4, 0.5) is 0 Å². The molecule has 1 atom stereocenters. The summed E-state index contributed by atoms with van der Waals surface area (Å²) in [5, 5.41) is 8.44. The Hall–Kier alpha value is -0.620. The van der Waals surface area contributed by atoms with Crippen molar-refractivity contribution in [2.75, 3.05) is 18.1 Å². The van der Waals surface area contributed by atoms with Gasteiger partial charge in [-0.2, -0.15) is 0 Å². The fourth-order valence-electron chi connectivity index (χ4n) is 0.755. The van der Waals surface area contributed by atoms with E-state index >= 15 is 0 Å². The Balaban J connectivity index is 3.62. The van der Waals surface area contributed by atoms with Crippen molar-refractivity contribution in [1.29, 1.82) is 0 Å². The molecule has 0 rings (SSSR count). The van der Waals surface area contributed by atoms with E-state index in [-0.39, 0.29) is 18.1 Å². The lowest BCUT2D eigenvalue weighted by Crippen LogP contribution is -2.21. The summed E-state index contributed by atoms with van der Waals surface area (Å²) in [5.41, 5.74) is 0. The van der Waals surface area contributed by atoms with Crippen molar-refractivity contribution in [2.24, 2.45) is 0 Å². The molecular formula is C8H16O5S. The molecule has 1 N–H and O–H groups in total. The Morgan fingerprint density at radius 2 is 2.07 bits per heavy atom. The van der Waals surface area contributed by atoms with Crippen molar-refractivity contribution in [1.82, 2.24) is 0 Å². The van der Waals surface area contributed by atoms with Crippen molar-refractivity contribution in [2.45, 2.75) is 26.4 Å². The van der Waals surface area contributed by atoms with Gasteiger partial charge in [-0.3, -0.25) is 0 Å². The first-order valence-electron chi connectivity index (χ1n) is 4.44. The second-order valence-corrected chi connectivity index (χ2v) is 5.41. The van der Waals surface area contributed by atoms with Gasteiger partial charge in [0.2, 0.25) is 0 Å². The Morgan fingerprint density at radius 1 is 1.50 bits per heavy atom. The zero-order chi connectivity index (χ0) is 11.2. The minimum Gasteiger partial charge on any atom is -0.479 e. The number of carboxylic acid groups (broad SMARTS) is 1. The summed E-state index contributed by atoms with van der Waals surface area (Å²) in [4.78, 5) is 10.3. The van der Waals surface area contributed by atoms with Crippen molar-refractivity contribution in [3.8, 4) is 0 Å². The molecule has 0 aliphatic carbocycles. The van der Waals surface area contributed by atoms with Gasteiger partial charge in [-0.25, -0.2) is 13.2 Å². The lowest BCUT2D eigenvalue weighted by atomic mass is 10.4. The topological polar surface area (TPSA) is 80.7 Å². The van der Waals surface area contributed by atoms with E-state index in [0.29, 0.717) is 6.42 Å². The van der Waals surface area contributed by atoms with E-state index in [4.69, 9.17) is 9.84 Å². The molecule has 0 heterocycles. The van der Waals surface area contributed by atoms with Gasteiger partial charge < -0.3 is 9.84 Å². The van der Waals surface area contributed by atoms with Crippen molar-refractivity contribution in [3.05, 3.63) is 0 Å². The van der Waals surface area contributed by atoms with Crippen LogP contribution < -0.4 is 0 Å². The highest BCUT2D eigenvalue weighted by atomic mass is 32.2. The summed E-state index contributed by atoms with van der Waals surface area (Å²) in [6.07, 6.45) is -0.535. The molecule has 0 aromatic heterocycles. The highest BCUT2D eigenvalue weighted by Gasteiger charge is 2.11. The molecule has 0 fully saturated rings. The van der Waals surface area contributed by atoms with E-state index in [9.17, 15) is 13.2 Å². The molecule has 0 aromatic rings. The van der Waals surface area contributed by atoms with Gasteiger partial charge in [-0.1, -0.05) is 6.92 Å². The van der Waals surface area contributed by atoms with Crippen LogP contribution >= 0.6 is 0 Å². The van der Waals surface area contributed by atoms with Gasteiger partial charge in [0.25, 0.3) is 0 Å². The molecular weight excluding hydrogens is 208 g/mol. The van der Waals surface area contributed by atoms with Crippen molar-refractivity contribution >= 4 is 15.8 Å². The number of hydrogen-bond acceptors (Lipinski definition) is 4. The van der Waals surface area contributed by atoms with Gasteiger partial charge in [0, 0.05) is 12.4 Å². The summed E-state index contributed by atoms with van der Waals surface area (Å²) < 4.78 is 26.9. The van der Waals surface area contributed by atoms with Gasteiger partial charge in [0.05, 0.1) is 5.75 Å². The Kier molecular flexibility index (Phi) is 5.71. The molecule has 0 radical (unpaired) electrons. The van der Waals surface area contributed by atoms with E-state index in [1.54, 1.807) is 6.92 Å². The first-order valence-corrected chi connectivity index (χ1v) is 6.26. The number of ether oxygens (including phenoxy) is 1. The minimum atomic E-state index is -2.97. The van der Waals surface area contributed by atoms with Crippen LogP contribution in [-0.2, 0) is 19.4 Å². The number of sulfone groups is 1. The Morgan fingerprint density at radius 3 is 2.50 bits per heavy atom. The van der Waals surface area contributed by atoms with Crippen LogP contribution in [0.5, 0.6) is 0 Å². The second kappa shape index (κ2) is 5.98. The lowest BCUT2D eigenvalue weighted by Gasteiger charge is -2.07. The maximum atomic E-state index is 11.0. The predicted molar refractivity (Wildman–Crippen MR) is 52.0 cm³/mol. The highest BCUT2D eigenvalue weighted by Crippen LogP contribution is 1.97. The maximum absolute atomic E-state index is 11.0. The largest absolute Gasteiger partial charge is 0.479 e. The lowest BCUT2D eigenvalue weighted by molar-refractivity contribution is -0.149. The first kappa shape index (κ1) is 13.4. The number of aliphatic carboxylic acids is 1. The summed E-state index contributed by atoms with van der Waals surface area (Å²) in [6.45, 7) is 3.15. The van der Waals surface area contributed by atoms with E-state index in [2.05, 4.69) is 0 Å². The average Bonchev–Trinajstić information content (AvgIpc) is 2.12. The molecule has 0 spiro atoms. The van der Waals surface area contributed by atoms with Crippen LogP contribution in [0.15, 0.2) is 0 Å². The van der Waals surface area contributed by atoms with Crippen LogP contribution in [0.3, 0.4) is 0 Å². The normalized spacial score (nSPS) is 13.9. The van der Waals surface area contributed by atoms with E-state index < -0.39 is 21.9 Å². The molecule has 0 bridgehead atoms. The number of rotatable bonds is 7. The number of carboxylic acids is 1. The van der Waals surface area contributed by atoms with Gasteiger partial charge in [0.15, 0.2) is 6.10 Å². The maximum Gasteiger partial charge on any atom is 0.332 e. The molecule has 6 heteroatoms. The molecule has 0 amide bonds. The Bertz CT molecular complexity index is 269. The quantitative estimate of drug-likeness (QED) is 0.629. The summed E-state index contributed by atoms with van der Waals surface area (Å²) in [7, 11) is -2.97. The van der Waals surface area contributed by atoms with E-state index in [1.807, 2.05) is 0 Å². The average molecular weight is 224 g/mol. The summed E-state index contributed by atoms with van der Waals surface area (Å²) in [6, 6.07) is 0. The molecule has 14 heavy (non-hydrogen) atoms. The fraction of sp³-hybridized carbons (Fsp3) is 0.875. The van der Waals surface area contributed by atoms with Crippen LogP contribution in [0.1, 0.15) is 20.3 Å². The fourth-order valence-corrected chi connectivity index (χ4v) is 1.60. The second-order valence-electron chi connectivity index (χ2n) is 2.94. The standard InChI is InChI=1S/C8H16O5S/c1-3-14(11,12)6-4-5-13-7(2)8(9)10/h7H,3-6H2,1-2H3,(H,9,10)/t7-/m0/s1. The predicted octanol–water partition coefficient (Wildman–Crippen LogP) is 0.301. The zero-order valence-corrected chi connectivity index (χ0v) is 9.21. The third-order valence-electron chi connectivity index (χ3n) is 1.76. The molecule has 0 aromatic carbocycles. The third kappa shape index (κ3) is 5.93. The monoisotopic (exact) mass is 224 g/mol. The number of hydrogen-bond donors (Lipinski definition) is 1. The zero-order valence-electron chi connectivity index (χ0n) is 8.39. The minimum absolute atomic E-state index is 0.0514. The summed E-state index contributed by atoms with van der Waals surface area (Å²) in [5.74, 6) is -0.875. The molecule has 84 valence electrons. The van der Waals surface area contributed by atoms with Crippen LogP contribution in [-0.4, -0.2) is 43.7 Å². The van der Waals surface area contributed by atoms with Crippen molar-refractivity contribution in [3.63, 3.8) is 0 Å². The third-order valence-corrected chi connectivity index (χ3v) is 3.55. The van der Waals surface area contributed by atoms with Gasteiger partial charge >= 0.3 is 5.97 Å². The van der Waals surface area contributed by atoms with Crippen LogP contribution in [0.25, 0.3) is 0 Å². The summed E-state index contributed by atoms with van der Waals surface area (Å²) >= 11 is 0. The van der Waals surface area contributed by atoms with Gasteiger partial charge in [0.1, 0.15) is 9.84 Å². The smallest absolute Gasteiger partial charge is 0.332 e. The Labute approximate surface area is 84.0 Å². The van der Waals surface area contributed by atoms with Crippen molar-refractivity contribution < 1.29 is 23.1 Å². The molecule has 0 saturated heterocycles. The molecule has 0 aliphatic heterocycles. The molecule has 0 unspecified atom stereocenters. The van der Waals surface area contributed by atoms with E-state index in [0.717, 1.165) is 0 Å². The molecule has 0 aliphatic rings. The highest BCUT2D eigenvalue weighted by molar-refractivity contribution is 7.91. The first-order chi connectivity index (χ1) is 6.39. The van der Waals surface area contributed by atoms with Gasteiger partial charge in [-0.05, 0) is 13.3 Å². The van der Waals surface area contributed by atoms with Crippen LogP contribution in [0, 0.1) is 0 Å². The molecule has 0 saturated carbocycles. The van der Waals surface area contributed by atoms with E-state index in [1.165, 1.54) is 6.92 Å². The molecule has 5 nitrogen and oxygen atoms in total. The number of carbonyl (C=O) groups is 1.